The highest BCUT2D eigenvalue weighted by molar-refractivity contribution is 7.00. The minimum atomic E-state index is 0.0630. The van der Waals surface area contributed by atoms with Gasteiger partial charge in [-0.2, -0.15) is 0 Å². The second-order valence-corrected chi connectivity index (χ2v) is 13.7. The number of para-hydroxylation sites is 2. The molecular formula is C36H37BN2. The number of rotatable bonds is 1. The fourth-order valence-corrected chi connectivity index (χ4v) is 8.52. The summed E-state index contributed by atoms with van der Waals surface area (Å²) in [4.78, 5) is 5.32. The Morgan fingerprint density at radius 3 is 2.21 bits per heavy atom. The number of nitrogens with zero attached hydrogens (tertiary/aromatic N) is 2. The van der Waals surface area contributed by atoms with E-state index in [0.717, 1.165) is 0 Å². The van der Waals surface area contributed by atoms with Gasteiger partial charge < -0.3 is 9.80 Å². The van der Waals surface area contributed by atoms with Crippen molar-refractivity contribution in [1.82, 2.24) is 0 Å². The van der Waals surface area contributed by atoms with Gasteiger partial charge >= 0.3 is 0 Å². The maximum atomic E-state index is 2.82. The monoisotopic (exact) mass is 508 g/mol. The molecule has 0 saturated heterocycles. The Balaban J connectivity index is 1.51. The van der Waals surface area contributed by atoms with Crippen molar-refractivity contribution in [2.45, 2.75) is 76.7 Å². The molecule has 4 aliphatic rings. The lowest BCUT2D eigenvalue weighted by atomic mass is 9.33. The van der Waals surface area contributed by atoms with Crippen molar-refractivity contribution in [2.75, 3.05) is 9.80 Å². The summed E-state index contributed by atoms with van der Waals surface area (Å²) in [6.45, 7) is 12.5. The van der Waals surface area contributed by atoms with E-state index >= 15 is 0 Å². The molecule has 194 valence electrons. The van der Waals surface area contributed by atoms with Crippen LogP contribution in [-0.4, -0.2) is 12.3 Å². The molecule has 0 spiro atoms. The molecule has 8 rings (SSSR count). The summed E-state index contributed by atoms with van der Waals surface area (Å²) in [5, 5.41) is 0. The zero-order valence-corrected chi connectivity index (χ0v) is 23.9. The summed E-state index contributed by atoms with van der Waals surface area (Å²) in [5.74, 6) is 0. The van der Waals surface area contributed by atoms with Gasteiger partial charge in [0.2, 0.25) is 0 Å². The Bertz CT molecular complexity index is 1650. The molecular weight excluding hydrogens is 471 g/mol. The number of hydrogen-bond acceptors (Lipinski definition) is 2. The molecule has 0 bridgehead atoms. The molecule has 0 aromatic heterocycles. The maximum absolute atomic E-state index is 2.82. The summed E-state index contributed by atoms with van der Waals surface area (Å²) in [5.41, 5.74) is 14.5. The van der Waals surface area contributed by atoms with Crippen LogP contribution in [0.3, 0.4) is 0 Å². The molecule has 1 saturated carbocycles. The summed E-state index contributed by atoms with van der Waals surface area (Å²) < 4.78 is 0. The van der Waals surface area contributed by atoms with Gasteiger partial charge in [-0.25, -0.2) is 0 Å². The Labute approximate surface area is 233 Å². The fraction of sp³-hybridized carbons (Fsp3) is 0.333. The van der Waals surface area contributed by atoms with E-state index in [9.17, 15) is 0 Å². The van der Waals surface area contributed by atoms with Gasteiger partial charge in [0.05, 0.1) is 5.54 Å². The Kier molecular flexibility index (Phi) is 4.56. The van der Waals surface area contributed by atoms with E-state index in [2.05, 4.69) is 129 Å². The van der Waals surface area contributed by atoms with Crippen LogP contribution >= 0.6 is 0 Å². The second-order valence-electron chi connectivity index (χ2n) is 13.7. The van der Waals surface area contributed by atoms with Crippen LogP contribution < -0.4 is 26.2 Å². The van der Waals surface area contributed by atoms with Gasteiger partial charge in [-0.15, -0.1) is 0 Å². The van der Waals surface area contributed by atoms with Gasteiger partial charge in [0.25, 0.3) is 6.71 Å². The first-order valence-corrected chi connectivity index (χ1v) is 14.8. The molecule has 1 aliphatic carbocycles. The highest BCUT2D eigenvalue weighted by atomic mass is 15.3. The molecule has 2 unspecified atom stereocenters. The van der Waals surface area contributed by atoms with Crippen molar-refractivity contribution in [3.63, 3.8) is 0 Å². The second kappa shape index (κ2) is 7.59. The lowest BCUT2D eigenvalue weighted by Gasteiger charge is -2.52. The van der Waals surface area contributed by atoms with Crippen molar-refractivity contribution < 1.29 is 0 Å². The van der Waals surface area contributed by atoms with Crippen LogP contribution in [-0.2, 0) is 10.8 Å². The van der Waals surface area contributed by atoms with E-state index in [1.165, 1.54) is 76.1 Å². The minimum Gasteiger partial charge on any atom is -0.335 e. The molecule has 4 aromatic carbocycles. The van der Waals surface area contributed by atoms with E-state index in [4.69, 9.17) is 0 Å². The van der Waals surface area contributed by atoms with Gasteiger partial charge in [-0.05, 0) is 83.0 Å². The standard InChI is InChI=1S/C36H37BN2/c1-34(2,3)24-22-26-33-28(23-24)37-27-16-9-10-17-29(27)38(25-14-7-6-8-15-25)30-18-13-19-31(32(30)37)39(33)36(5)21-12-11-20-35(26,36)4/h6-10,13-19,22-23H,11-12,20-21H2,1-5H3. The molecule has 2 nitrogen and oxygen atoms in total. The molecule has 4 aromatic rings. The molecule has 3 heteroatoms. The predicted octanol–water partition coefficient (Wildman–Crippen LogP) is 7.34. The zero-order chi connectivity index (χ0) is 26.7. The normalized spacial score (nSPS) is 24.2. The summed E-state index contributed by atoms with van der Waals surface area (Å²) >= 11 is 0. The average molecular weight is 509 g/mol. The largest absolute Gasteiger partial charge is 0.335 e. The van der Waals surface area contributed by atoms with Crippen LogP contribution in [0, 0.1) is 0 Å². The van der Waals surface area contributed by atoms with E-state index in [-0.39, 0.29) is 23.1 Å². The average Bonchev–Trinajstić information content (AvgIpc) is 3.15. The molecule has 3 heterocycles. The Morgan fingerprint density at radius 1 is 0.718 bits per heavy atom. The van der Waals surface area contributed by atoms with Crippen LogP contribution in [0.4, 0.5) is 28.4 Å². The third-order valence-corrected chi connectivity index (χ3v) is 10.7. The number of fused-ring (bicyclic) bond motifs is 7. The first-order valence-electron chi connectivity index (χ1n) is 14.8. The zero-order valence-electron chi connectivity index (χ0n) is 23.9. The molecule has 3 aliphatic heterocycles. The van der Waals surface area contributed by atoms with Crippen molar-refractivity contribution in [3.8, 4) is 0 Å². The van der Waals surface area contributed by atoms with Crippen LogP contribution in [0.1, 0.15) is 71.4 Å². The molecule has 0 N–H and O–H groups in total. The van der Waals surface area contributed by atoms with Crippen molar-refractivity contribution in [1.29, 1.82) is 0 Å². The lowest BCUT2D eigenvalue weighted by Crippen LogP contribution is -2.64. The lowest BCUT2D eigenvalue weighted by molar-refractivity contribution is 0.195. The van der Waals surface area contributed by atoms with Gasteiger partial charge in [-0.3, -0.25) is 0 Å². The van der Waals surface area contributed by atoms with E-state index in [1.807, 2.05) is 0 Å². The third kappa shape index (κ3) is 2.84. The minimum absolute atomic E-state index is 0.0630. The fourth-order valence-electron chi connectivity index (χ4n) is 8.52. The Morgan fingerprint density at radius 2 is 1.41 bits per heavy atom. The highest BCUT2D eigenvalue weighted by Crippen LogP contribution is 2.62. The third-order valence-electron chi connectivity index (χ3n) is 10.7. The highest BCUT2D eigenvalue weighted by Gasteiger charge is 2.61. The van der Waals surface area contributed by atoms with Crippen molar-refractivity contribution in [3.05, 3.63) is 96.1 Å². The van der Waals surface area contributed by atoms with E-state index in [1.54, 1.807) is 5.56 Å². The van der Waals surface area contributed by atoms with Crippen molar-refractivity contribution in [2.24, 2.45) is 0 Å². The summed E-state index contributed by atoms with van der Waals surface area (Å²) in [7, 11) is 0. The molecule has 39 heavy (non-hydrogen) atoms. The number of benzene rings is 4. The number of anilines is 5. The molecule has 0 amide bonds. The van der Waals surface area contributed by atoms with Gasteiger partial charge in [-0.1, -0.05) is 95.1 Å². The Hall–Kier alpha value is -3.46. The van der Waals surface area contributed by atoms with Crippen LogP contribution in [0.2, 0.25) is 0 Å². The van der Waals surface area contributed by atoms with Crippen LogP contribution in [0.25, 0.3) is 0 Å². The smallest absolute Gasteiger partial charge is 0.252 e. The maximum Gasteiger partial charge on any atom is 0.252 e. The SMILES string of the molecule is CC(C)(C)c1cc2c3c(c1)C1(C)CCCCC1(C)N3c1cccc3c1B2c1ccccc1N3c1ccccc1. The molecule has 0 radical (unpaired) electrons. The quantitative estimate of drug-likeness (QED) is 0.219. The van der Waals surface area contributed by atoms with E-state index in [0.29, 0.717) is 0 Å². The first-order chi connectivity index (χ1) is 18.7. The molecule has 1 fully saturated rings. The first kappa shape index (κ1) is 23.4. The predicted molar refractivity (Wildman–Crippen MR) is 167 cm³/mol. The summed E-state index contributed by atoms with van der Waals surface area (Å²) in [6, 6.07) is 32.3. The van der Waals surface area contributed by atoms with Gasteiger partial charge in [0, 0.05) is 33.9 Å². The topological polar surface area (TPSA) is 6.48 Å². The van der Waals surface area contributed by atoms with Crippen LogP contribution in [0.15, 0.2) is 84.9 Å². The molecule has 2 atom stereocenters. The van der Waals surface area contributed by atoms with Crippen LogP contribution in [0.5, 0.6) is 0 Å². The summed E-state index contributed by atoms with van der Waals surface area (Å²) in [6.07, 6.45) is 5.10. The van der Waals surface area contributed by atoms with Crippen molar-refractivity contribution >= 4 is 51.5 Å². The number of hydrogen-bond donors (Lipinski definition) is 0. The van der Waals surface area contributed by atoms with Gasteiger partial charge in [0.15, 0.2) is 0 Å². The van der Waals surface area contributed by atoms with E-state index < -0.39 is 0 Å². The van der Waals surface area contributed by atoms with Gasteiger partial charge in [0.1, 0.15) is 0 Å².